The van der Waals surface area contributed by atoms with Crippen molar-refractivity contribution < 1.29 is 29.0 Å². The van der Waals surface area contributed by atoms with E-state index in [4.69, 9.17) is 9.47 Å². The maximum Gasteiger partial charge on any atom is 0.379 e. The average molecular weight is 483 g/mol. The van der Waals surface area contributed by atoms with Crippen molar-refractivity contribution in [2.75, 3.05) is 13.2 Å². The SMILES string of the molecule is CCOC(=O)C(=O)c1ccc(OCCCCC(=O)c2cc(C(C)(C)C)c(O)c(C(C)(C)C)c2)cc1. The third kappa shape index (κ3) is 7.67. The van der Waals surface area contributed by atoms with Gasteiger partial charge in [0, 0.05) is 28.7 Å². The predicted molar refractivity (Wildman–Crippen MR) is 137 cm³/mol. The van der Waals surface area contributed by atoms with Crippen molar-refractivity contribution in [2.45, 2.75) is 78.6 Å². The van der Waals surface area contributed by atoms with Crippen molar-refractivity contribution in [1.82, 2.24) is 0 Å². The summed E-state index contributed by atoms with van der Waals surface area (Å²) in [4.78, 5) is 36.4. The molecule has 0 saturated heterocycles. The number of phenolic OH excluding ortho intramolecular Hbond substituents is 1. The van der Waals surface area contributed by atoms with Gasteiger partial charge in [-0.25, -0.2) is 4.79 Å². The van der Waals surface area contributed by atoms with E-state index >= 15 is 0 Å². The summed E-state index contributed by atoms with van der Waals surface area (Å²) in [5.74, 6) is -0.660. The largest absolute Gasteiger partial charge is 0.507 e. The Morgan fingerprint density at radius 2 is 1.37 bits per heavy atom. The minimum atomic E-state index is -0.872. The molecular weight excluding hydrogens is 444 g/mol. The van der Waals surface area contributed by atoms with Crippen LogP contribution in [0.4, 0.5) is 0 Å². The molecule has 0 saturated carbocycles. The van der Waals surface area contributed by atoms with Crippen molar-refractivity contribution >= 4 is 17.5 Å². The number of carbonyl (C=O) groups is 3. The molecular formula is C29H38O6. The summed E-state index contributed by atoms with van der Waals surface area (Å²) in [6, 6.07) is 9.97. The third-order valence-corrected chi connectivity index (χ3v) is 5.69. The molecule has 2 rings (SSSR count). The Labute approximate surface area is 208 Å². The molecule has 0 radical (unpaired) electrons. The second-order valence-electron chi connectivity index (χ2n) is 10.7. The number of aromatic hydroxyl groups is 1. The highest BCUT2D eigenvalue weighted by Crippen LogP contribution is 2.40. The number of ether oxygens (including phenoxy) is 2. The van der Waals surface area contributed by atoms with Gasteiger partial charge in [0.15, 0.2) is 5.78 Å². The number of phenols is 1. The van der Waals surface area contributed by atoms with Crippen LogP contribution in [0.25, 0.3) is 0 Å². The third-order valence-electron chi connectivity index (χ3n) is 5.69. The van der Waals surface area contributed by atoms with E-state index in [0.29, 0.717) is 37.2 Å². The van der Waals surface area contributed by atoms with Gasteiger partial charge >= 0.3 is 5.97 Å². The Hall–Kier alpha value is -3.15. The molecule has 0 amide bonds. The van der Waals surface area contributed by atoms with Crippen LogP contribution in [0.15, 0.2) is 36.4 Å². The van der Waals surface area contributed by atoms with E-state index in [-0.39, 0.29) is 34.5 Å². The van der Waals surface area contributed by atoms with Crippen LogP contribution in [-0.4, -0.2) is 35.9 Å². The lowest BCUT2D eigenvalue weighted by Gasteiger charge is -2.28. The van der Waals surface area contributed by atoms with Gasteiger partial charge in [-0.05, 0) is 67.0 Å². The first-order valence-corrected chi connectivity index (χ1v) is 12.1. The number of esters is 1. The summed E-state index contributed by atoms with van der Waals surface area (Å²) < 4.78 is 10.4. The molecule has 0 aliphatic rings. The highest BCUT2D eigenvalue weighted by molar-refractivity contribution is 6.40. The summed E-state index contributed by atoms with van der Waals surface area (Å²) in [5.41, 5.74) is 1.86. The number of rotatable bonds is 10. The first kappa shape index (κ1) is 28.1. The van der Waals surface area contributed by atoms with Gasteiger partial charge in [0.05, 0.1) is 13.2 Å². The fourth-order valence-electron chi connectivity index (χ4n) is 3.68. The normalized spacial score (nSPS) is 11.7. The number of hydrogen-bond acceptors (Lipinski definition) is 6. The predicted octanol–water partition coefficient (Wildman–Crippen LogP) is 6.17. The van der Waals surface area contributed by atoms with Crippen LogP contribution in [0.2, 0.25) is 0 Å². The van der Waals surface area contributed by atoms with Crippen LogP contribution in [0.3, 0.4) is 0 Å². The molecule has 6 nitrogen and oxygen atoms in total. The quantitative estimate of drug-likeness (QED) is 0.189. The molecule has 2 aromatic rings. The maximum atomic E-state index is 13.0. The van der Waals surface area contributed by atoms with E-state index in [9.17, 15) is 19.5 Å². The van der Waals surface area contributed by atoms with Crippen LogP contribution in [0, 0.1) is 0 Å². The van der Waals surface area contributed by atoms with Crippen molar-refractivity contribution in [3.8, 4) is 11.5 Å². The van der Waals surface area contributed by atoms with Gasteiger partial charge in [-0.2, -0.15) is 0 Å². The van der Waals surface area contributed by atoms with Gasteiger partial charge in [0.1, 0.15) is 11.5 Å². The molecule has 190 valence electrons. The number of carbonyl (C=O) groups excluding carboxylic acids is 3. The lowest BCUT2D eigenvalue weighted by atomic mass is 9.78. The van der Waals surface area contributed by atoms with E-state index in [1.807, 2.05) is 53.7 Å². The zero-order chi connectivity index (χ0) is 26.4. The van der Waals surface area contributed by atoms with Crippen LogP contribution >= 0.6 is 0 Å². The molecule has 0 unspecified atom stereocenters. The highest BCUT2D eigenvalue weighted by atomic mass is 16.5. The summed E-state index contributed by atoms with van der Waals surface area (Å²) in [6.07, 6.45) is 1.73. The van der Waals surface area contributed by atoms with Gasteiger partial charge in [-0.3, -0.25) is 9.59 Å². The first-order valence-electron chi connectivity index (χ1n) is 12.1. The number of Topliss-reactive ketones (excluding diaryl/α,β-unsaturated/α-hetero) is 2. The standard InChI is InChI=1S/C29H38O6/c1-8-34-27(33)25(31)19-12-14-21(15-13-19)35-16-10-9-11-24(30)20-17-22(28(2,3)4)26(32)23(18-20)29(5,6)7/h12-15,17-18,32H,8-11,16H2,1-7H3. The molecule has 0 atom stereocenters. The summed E-state index contributed by atoms with van der Waals surface area (Å²) in [7, 11) is 0. The molecule has 2 aromatic carbocycles. The number of hydrogen-bond donors (Lipinski definition) is 1. The lowest BCUT2D eigenvalue weighted by Crippen LogP contribution is -2.19. The maximum absolute atomic E-state index is 13.0. The molecule has 0 aromatic heterocycles. The smallest absolute Gasteiger partial charge is 0.379 e. The van der Waals surface area contributed by atoms with Crippen molar-refractivity contribution in [2.24, 2.45) is 0 Å². The summed E-state index contributed by atoms with van der Waals surface area (Å²) in [5, 5.41) is 10.8. The number of ketones is 2. The Balaban J connectivity index is 1.94. The second kappa shape index (κ2) is 11.5. The molecule has 6 heteroatoms. The van der Waals surface area contributed by atoms with Crippen molar-refractivity contribution in [3.05, 3.63) is 58.7 Å². The fraction of sp³-hybridized carbons (Fsp3) is 0.483. The van der Waals surface area contributed by atoms with Crippen molar-refractivity contribution in [3.63, 3.8) is 0 Å². The topological polar surface area (TPSA) is 89.9 Å². The Morgan fingerprint density at radius 1 is 0.829 bits per heavy atom. The Bertz CT molecular complexity index is 1020. The van der Waals surface area contributed by atoms with E-state index < -0.39 is 11.8 Å². The Kier molecular flexibility index (Phi) is 9.24. The Morgan fingerprint density at radius 3 is 1.86 bits per heavy atom. The van der Waals surface area contributed by atoms with Gasteiger partial charge in [-0.15, -0.1) is 0 Å². The number of benzene rings is 2. The van der Waals surface area contributed by atoms with E-state index in [1.165, 1.54) is 12.1 Å². The molecule has 1 N–H and O–H groups in total. The molecule has 0 spiro atoms. The molecule has 35 heavy (non-hydrogen) atoms. The van der Waals surface area contributed by atoms with Gasteiger partial charge < -0.3 is 14.6 Å². The fourth-order valence-corrected chi connectivity index (χ4v) is 3.68. The lowest BCUT2D eigenvalue weighted by molar-refractivity contribution is -0.137. The molecule has 0 aliphatic carbocycles. The van der Waals surface area contributed by atoms with Crippen LogP contribution in [-0.2, 0) is 20.4 Å². The zero-order valence-electron chi connectivity index (χ0n) is 22.0. The minimum absolute atomic E-state index is 0.0443. The van der Waals surface area contributed by atoms with E-state index in [2.05, 4.69) is 0 Å². The minimum Gasteiger partial charge on any atom is -0.507 e. The van der Waals surface area contributed by atoms with Gasteiger partial charge in [0.2, 0.25) is 0 Å². The van der Waals surface area contributed by atoms with Crippen LogP contribution in [0.5, 0.6) is 11.5 Å². The van der Waals surface area contributed by atoms with E-state index in [0.717, 1.165) is 11.1 Å². The molecule has 0 bridgehead atoms. The highest BCUT2D eigenvalue weighted by Gasteiger charge is 2.27. The second-order valence-corrected chi connectivity index (χ2v) is 10.7. The number of unbranched alkanes of at least 4 members (excludes halogenated alkanes) is 1. The monoisotopic (exact) mass is 482 g/mol. The van der Waals surface area contributed by atoms with Crippen LogP contribution in [0.1, 0.15) is 99.6 Å². The summed E-state index contributed by atoms with van der Waals surface area (Å²) >= 11 is 0. The molecule has 0 fully saturated rings. The molecule has 0 heterocycles. The molecule has 0 aliphatic heterocycles. The zero-order valence-corrected chi connectivity index (χ0v) is 22.0. The van der Waals surface area contributed by atoms with Gasteiger partial charge in [0.25, 0.3) is 5.78 Å². The van der Waals surface area contributed by atoms with Crippen LogP contribution < -0.4 is 4.74 Å². The summed E-state index contributed by atoms with van der Waals surface area (Å²) in [6.45, 7) is 14.4. The van der Waals surface area contributed by atoms with E-state index in [1.54, 1.807) is 19.1 Å². The average Bonchev–Trinajstić information content (AvgIpc) is 2.77. The first-order chi connectivity index (χ1) is 16.3. The van der Waals surface area contributed by atoms with Gasteiger partial charge in [-0.1, -0.05) is 41.5 Å². The van der Waals surface area contributed by atoms with Crippen molar-refractivity contribution in [1.29, 1.82) is 0 Å².